The van der Waals surface area contributed by atoms with Gasteiger partial charge in [-0.3, -0.25) is 4.79 Å². The molecule has 0 amide bonds. The van der Waals surface area contributed by atoms with Crippen molar-refractivity contribution in [1.82, 2.24) is 0 Å². The first-order valence-corrected chi connectivity index (χ1v) is 11.5. The topological polar surface area (TPSA) is 101 Å². The second kappa shape index (κ2) is 10.5. The number of furan rings is 1. The Kier molecular flexibility index (Phi) is 7.30. The SMILES string of the molecule is CCOC(=O)Cc1ccccc1OCc1cc(-c2cccc(CN)c2)c2oc(C(C)N)cc2c1. The Balaban J connectivity index is 1.68. The lowest BCUT2D eigenvalue weighted by Crippen LogP contribution is -2.09. The molecule has 0 saturated heterocycles. The number of carbonyl (C=O) groups excluding carboxylic acids is 1. The fourth-order valence-electron chi connectivity index (χ4n) is 3.94. The molecular formula is C28H30N2O4. The predicted octanol–water partition coefficient (Wildman–Crippen LogP) is 5.26. The number of fused-ring (bicyclic) bond motifs is 1. The number of hydrogen-bond donors (Lipinski definition) is 2. The first-order valence-electron chi connectivity index (χ1n) is 11.5. The van der Waals surface area contributed by atoms with Crippen LogP contribution >= 0.6 is 0 Å². The van der Waals surface area contributed by atoms with E-state index in [1.807, 2.05) is 55.5 Å². The van der Waals surface area contributed by atoms with E-state index >= 15 is 0 Å². The molecule has 4 rings (SSSR count). The lowest BCUT2D eigenvalue weighted by molar-refractivity contribution is -0.142. The summed E-state index contributed by atoms with van der Waals surface area (Å²) in [7, 11) is 0. The molecule has 176 valence electrons. The summed E-state index contributed by atoms with van der Waals surface area (Å²) in [6, 6.07) is 21.5. The Morgan fingerprint density at radius 1 is 1.03 bits per heavy atom. The monoisotopic (exact) mass is 458 g/mol. The summed E-state index contributed by atoms with van der Waals surface area (Å²) in [5, 5.41) is 0.960. The molecule has 4 N–H and O–H groups in total. The molecule has 3 aromatic carbocycles. The van der Waals surface area contributed by atoms with E-state index in [-0.39, 0.29) is 18.4 Å². The summed E-state index contributed by atoms with van der Waals surface area (Å²) in [6.45, 7) is 4.84. The Morgan fingerprint density at radius 2 is 1.85 bits per heavy atom. The minimum absolute atomic E-state index is 0.166. The second-order valence-corrected chi connectivity index (χ2v) is 8.28. The van der Waals surface area contributed by atoms with Crippen molar-refractivity contribution in [2.75, 3.05) is 6.61 Å². The van der Waals surface area contributed by atoms with Crippen molar-refractivity contribution in [3.8, 4) is 16.9 Å². The van der Waals surface area contributed by atoms with E-state index in [9.17, 15) is 4.79 Å². The van der Waals surface area contributed by atoms with Gasteiger partial charge in [0, 0.05) is 23.1 Å². The fraction of sp³-hybridized carbons (Fsp3) is 0.250. The van der Waals surface area contributed by atoms with Gasteiger partial charge in [0.1, 0.15) is 23.7 Å². The number of esters is 1. The first-order chi connectivity index (χ1) is 16.5. The van der Waals surface area contributed by atoms with Gasteiger partial charge in [0.25, 0.3) is 0 Å². The smallest absolute Gasteiger partial charge is 0.310 e. The van der Waals surface area contributed by atoms with Gasteiger partial charge in [-0.2, -0.15) is 0 Å². The van der Waals surface area contributed by atoms with E-state index in [4.69, 9.17) is 25.4 Å². The minimum atomic E-state index is -0.274. The number of para-hydroxylation sites is 1. The molecule has 1 heterocycles. The quantitative estimate of drug-likeness (QED) is 0.332. The summed E-state index contributed by atoms with van der Waals surface area (Å²) < 4.78 is 17.4. The third-order valence-corrected chi connectivity index (χ3v) is 5.62. The van der Waals surface area contributed by atoms with Crippen LogP contribution in [0.5, 0.6) is 5.75 Å². The summed E-state index contributed by atoms with van der Waals surface area (Å²) in [5.41, 5.74) is 17.5. The van der Waals surface area contributed by atoms with Crippen LogP contribution in [0.4, 0.5) is 0 Å². The van der Waals surface area contributed by atoms with Crippen LogP contribution in [0.25, 0.3) is 22.1 Å². The molecule has 4 aromatic rings. The van der Waals surface area contributed by atoms with Crippen molar-refractivity contribution in [3.63, 3.8) is 0 Å². The van der Waals surface area contributed by atoms with Gasteiger partial charge >= 0.3 is 5.97 Å². The van der Waals surface area contributed by atoms with Gasteiger partial charge in [-0.15, -0.1) is 0 Å². The number of nitrogens with two attached hydrogens (primary N) is 2. The molecule has 6 nitrogen and oxygen atoms in total. The third kappa shape index (κ3) is 5.30. The van der Waals surface area contributed by atoms with E-state index in [2.05, 4.69) is 18.2 Å². The highest BCUT2D eigenvalue weighted by Crippen LogP contribution is 2.35. The van der Waals surface area contributed by atoms with E-state index < -0.39 is 0 Å². The summed E-state index contributed by atoms with van der Waals surface area (Å²) in [4.78, 5) is 12.0. The lowest BCUT2D eigenvalue weighted by Gasteiger charge is -2.13. The van der Waals surface area contributed by atoms with Gasteiger partial charge in [0.05, 0.1) is 19.1 Å². The maximum Gasteiger partial charge on any atom is 0.310 e. The largest absolute Gasteiger partial charge is 0.489 e. The highest BCUT2D eigenvalue weighted by molar-refractivity contribution is 5.93. The summed E-state index contributed by atoms with van der Waals surface area (Å²) >= 11 is 0. The van der Waals surface area contributed by atoms with Crippen LogP contribution in [0.3, 0.4) is 0 Å². The summed E-state index contributed by atoms with van der Waals surface area (Å²) in [5.74, 6) is 1.11. The maximum atomic E-state index is 12.0. The van der Waals surface area contributed by atoms with Crippen molar-refractivity contribution in [2.24, 2.45) is 11.5 Å². The molecular weight excluding hydrogens is 428 g/mol. The van der Waals surface area contributed by atoms with Crippen LogP contribution in [0.15, 0.2) is 71.1 Å². The van der Waals surface area contributed by atoms with Gasteiger partial charge in [-0.25, -0.2) is 0 Å². The fourth-order valence-corrected chi connectivity index (χ4v) is 3.94. The van der Waals surface area contributed by atoms with Gasteiger partial charge in [0.15, 0.2) is 0 Å². The zero-order valence-corrected chi connectivity index (χ0v) is 19.5. The van der Waals surface area contributed by atoms with Crippen LogP contribution in [-0.4, -0.2) is 12.6 Å². The van der Waals surface area contributed by atoms with Crippen molar-refractivity contribution < 1.29 is 18.7 Å². The molecule has 0 saturated carbocycles. The van der Waals surface area contributed by atoms with Gasteiger partial charge in [0.2, 0.25) is 0 Å². The summed E-state index contributed by atoms with van der Waals surface area (Å²) in [6.07, 6.45) is 0.166. The minimum Gasteiger partial charge on any atom is -0.489 e. The Labute approximate surface area is 199 Å². The van der Waals surface area contributed by atoms with Crippen LogP contribution in [0.2, 0.25) is 0 Å². The van der Waals surface area contributed by atoms with E-state index in [0.717, 1.165) is 44.5 Å². The van der Waals surface area contributed by atoms with Crippen LogP contribution < -0.4 is 16.2 Å². The van der Waals surface area contributed by atoms with Crippen molar-refractivity contribution >= 4 is 16.9 Å². The molecule has 0 aliphatic rings. The molecule has 0 fully saturated rings. The van der Waals surface area contributed by atoms with Crippen molar-refractivity contribution in [1.29, 1.82) is 0 Å². The average molecular weight is 459 g/mol. The number of rotatable bonds is 9. The number of carbonyl (C=O) groups is 1. The second-order valence-electron chi connectivity index (χ2n) is 8.28. The number of hydrogen-bond acceptors (Lipinski definition) is 6. The number of benzene rings is 3. The Hall–Kier alpha value is -3.61. The van der Waals surface area contributed by atoms with Crippen LogP contribution in [0, 0.1) is 0 Å². The molecule has 34 heavy (non-hydrogen) atoms. The maximum absolute atomic E-state index is 12.0. The first kappa shape index (κ1) is 23.5. The van der Waals surface area contributed by atoms with E-state index in [0.29, 0.717) is 25.5 Å². The highest BCUT2D eigenvalue weighted by Gasteiger charge is 2.16. The molecule has 1 aromatic heterocycles. The Morgan fingerprint density at radius 3 is 2.62 bits per heavy atom. The molecule has 6 heteroatoms. The zero-order valence-electron chi connectivity index (χ0n) is 19.5. The zero-order chi connectivity index (χ0) is 24.1. The third-order valence-electron chi connectivity index (χ3n) is 5.62. The molecule has 0 bridgehead atoms. The molecule has 0 radical (unpaired) electrons. The molecule has 1 unspecified atom stereocenters. The predicted molar refractivity (Wildman–Crippen MR) is 133 cm³/mol. The van der Waals surface area contributed by atoms with E-state index in [1.54, 1.807) is 6.92 Å². The highest BCUT2D eigenvalue weighted by atomic mass is 16.5. The average Bonchev–Trinajstić information content (AvgIpc) is 3.28. The van der Waals surface area contributed by atoms with Crippen LogP contribution in [-0.2, 0) is 29.1 Å². The van der Waals surface area contributed by atoms with Gasteiger partial charge in [-0.1, -0.05) is 36.4 Å². The van der Waals surface area contributed by atoms with Crippen molar-refractivity contribution in [3.05, 3.63) is 89.2 Å². The standard InChI is InChI=1S/C28H30N2O4/c1-3-32-27(31)15-22-8-4-5-10-25(22)33-17-20-12-23-14-26(18(2)30)34-28(23)24(13-20)21-9-6-7-19(11-21)16-29/h4-14,18H,3,15-17,29-30H2,1-2H3. The van der Waals surface area contributed by atoms with Crippen molar-refractivity contribution in [2.45, 2.75) is 39.5 Å². The van der Waals surface area contributed by atoms with Gasteiger partial charge in [-0.05, 0) is 60.9 Å². The molecule has 0 spiro atoms. The molecule has 1 atom stereocenters. The van der Waals surface area contributed by atoms with E-state index in [1.165, 1.54) is 0 Å². The van der Waals surface area contributed by atoms with Gasteiger partial charge < -0.3 is 25.4 Å². The van der Waals surface area contributed by atoms with Crippen LogP contribution in [0.1, 0.15) is 42.3 Å². The molecule has 0 aliphatic heterocycles. The lowest BCUT2D eigenvalue weighted by atomic mass is 9.99. The number of ether oxygens (including phenoxy) is 2. The Bertz CT molecular complexity index is 1290. The molecule has 0 aliphatic carbocycles. The normalized spacial score (nSPS) is 12.0.